The van der Waals surface area contributed by atoms with Crippen LogP contribution in [-0.2, 0) is 14.8 Å². The molecule has 7 heteroatoms. The van der Waals surface area contributed by atoms with E-state index in [0.29, 0.717) is 0 Å². The number of aryl methyl sites for hydroxylation is 1. The molecule has 0 amide bonds. The summed E-state index contributed by atoms with van der Waals surface area (Å²) in [5.41, 5.74) is -0.732. The molecule has 0 saturated heterocycles. The maximum Gasteiger partial charge on any atom is 0.324 e. The SMILES string of the molecule is CCN(C(C)(C)C(=O)O)S(=O)(=O)c1ccc(Br)c(C)c1. The van der Waals surface area contributed by atoms with Crippen molar-refractivity contribution < 1.29 is 18.3 Å². The average Bonchev–Trinajstić information content (AvgIpc) is 2.32. The van der Waals surface area contributed by atoms with Crippen molar-refractivity contribution >= 4 is 31.9 Å². The highest BCUT2D eigenvalue weighted by Crippen LogP contribution is 2.27. The Labute approximate surface area is 127 Å². The molecular weight excluding hydrogens is 346 g/mol. The Kier molecular flexibility index (Phi) is 4.99. The molecule has 20 heavy (non-hydrogen) atoms. The molecule has 0 aliphatic carbocycles. The highest BCUT2D eigenvalue weighted by Gasteiger charge is 2.41. The van der Waals surface area contributed by atoms with Crippen molar-refractivity contribution in [3.63, 3.8) is 0 Å². The van der Waals surface area contributed by atoms with Crippen molar-refractivity contribution in [2.75, 3.05) is 6.54 Å². The van der Waals surface area contributed by atoms with E-state index in [1.54, 1.807) is 19.9 Å². The molecule has 0 bridgehead atoms. The number of carbonyl (C=O) groups is 1. The van der Waals surface area contributed by atoms with E-state index in [1.807, 2.05) is 0 Å². The standard InChI is InChI=1S/C13H18BrNO4S/c1-5-15(13(3,4)12(16)17)20(18,19)10-6-7-11(14)9(2)8-10/h6-8H,5H2,1-4H3,(H,16,17). The van der Waals surface area contributed by atoms with Gasteiger partial charge in [0.15, 0.2) is 0 Å². The molecule has 0 fully saturated rings. The predicted molar refractivity (Wildman–Crippen MR) is 80.2 cm³/mol. The number of likely N-dealkylation sites (N-methyl/N-ethyl adjacent to an activating group) is 1. The van der Waals surface area contributed by atoms with Crippen LogP contribution in [0, 0.1) is 6.92 Å². The van der Waals surface area contributed by atoms with Crippen molar-refractivity contribution in [2.24, 2.45) is 0 Å². The van der Waals surface area contributed by atoms with Gasteiger partial charge in [-0.2, -0.15) is 4.31 Å². The lowest BCUT2D eigenvalue weighted by Crippen LogP contribution is -2.52. The molecule has 0 spiro atoms. The fourth-order valence-electron chi connectivity index (χ4n) is 1.88. The van der Waals surface area contributed by atoms with E-state index >= 15 is 0 Å². The Hall–Kier alpha value is -0.920. The smallest absolute Gasteiger partial charge is 0.324 e. The largest absolute Gasteiger partial charge is 0.480 e. The van der Waals surface area contributed by atoms with Crippen LogP contribution < -0.4 is 0 Å². The first-order chi connectivity index (χ1) is 9.05. The number of carboxylic acids is 1. The van der Waals surface area contributed by atoms with Gasteiger partial charge in [0.2, 0.25) is 10.0 Å². The van der Waals surface area contributed by atoms with E-state index in [0.717, 1.165) is 14.3 Å². The zero-order chi connectivity index (χ0) is 15.7. The number of hydrogen-bond acceptors (Lipinski definition) is 3. The van der Waals surface area contributed by atoms with Gasteiger partial charge in [-0.05, 0) is 44.5 Å². The zero-order valence-electron chi connectivity index (χ0n) is 11.8. The molecule has 0 saturated carbocycles. The molecule has 0 unspecified atom stereocenters. The Balaban J connectivity index is 3.39. The van der Waals surface area contributed by atoms with Crippen LogP contribution in [0.15, 0.2) is 27.6 Å². The van der Waals surface area contributed by atoms with Crippen molar-refractivity contribution in [2.45, 2.75) is 38.1 Å². The monoisotopic (exact) mass is 363 g/mol. The maximum atomic E-state index is 12.6. The molecule has 1 aromatic carbocycles. The number of rotatable bonds is 5. The van der Waals surface area contributed by atoms with Gasteiger partial charge in [0.05, 0.1) is 4.90 Å². The summed E-state index contributed by atoms with van der Waals surface area (Å²) < 4.78 is 27.0. The van der Waals surface area contributed by atoms with Crippen LogP contribution in [0.25, 0.3) is 0 Å². The third kappa shape index (κ3) is 3.05. The van der Waals surface area contributed by atoms with E-state index in [9.17, 15) is 18.3 Å². The van der Waals surface area contributed by atoms with E-state index in [4.69, 9.17) is 0 Å². The molecule has 0 aliphatic heterocycles. The minimum Gasteiger partial charge on any atom is -0.480 e. The Morgan fingerprint density at radius 3 is 2.35 bits per heavy atom. The molecule has 112 valence electrons. The van der Waals surface area contributed by atoms with Gasteiger partial charge >= 0.3 is 5.97 Å². The summed E-state index contributed by atoms with van der Waals surface area (Å²) in [5, 5.41) is 9.24. The topological polar surface area (TPSA) is 74.7 Å². The highest BCUT2D eigenvalue weighted by atomic mass is 79.9. The van der Waals surface area contributed by atoms with Crippen LogP contribution in [0.5, 0.6) is 0 Å². The molecule has 1 N–H and O–H groups in total. The first-order valence-electron chi connectivity index (χ1n) is 6.07. The first-order valence-corrected chi connectivity index (χ1v) is 8.30. The molecule has 0 aromatic heterocycles. The summed E-state index contributed by atoms with van der Waals surface area (Å²) >= 11 is 3.31. The number of benzene rings is 1. The van der Waals surface area contributed by atoms with Crippen LogP contribution in [0.1, 0.15) is 26.3 Å². The third-order valence-corrected chi connectivity index (χ3v) is 6.19. The molecule has 0 aliphatic rings. The van der Waals surface area contributed by atoms with Crippen molar-refractivity contribution in [3.8, 4) is 0 Å². The molecule has 1 rings (SSSR count). The molecule has 0 radical (unpaired) electrons. The number of carboxylic acid groups (broad SMARTS) is 1. The van der Waals surface area contributed by atoms with Gasteiger partial charge in [-0.15, -0.1) is 0 Å². The van der Waals surface area contributed by atoms with E-state index < -0.39 is 21.5 Å². The fourth-order valence-corrected chi connectivity index (χ4v) is 3.96. The van der Waals surface area contributed by atoms with Gasteiger partial charge < -0.3 is 5.11 Å². The van der Waals surface area contributed by atoms with Gasteiger partial charge in [-0.25, -0.2) is 8.42 Å². The lowest BCUT2D eigenvalue weighted by Gasteiger charge is -2.33. The van der Waals surface area contributed by atoms with Gasteiger partial charge in [0.1, 0.15) is 5.54 Å². The summed E-state index contributed by atoms with van der Waals surface area (Å²) in [7, 11) is -3.86. The summed E-state index contributed by atoms with van der Waals surface area (Å²) in [6, 6.07) is 4.64. The van der Waals surface area contributed by atoms with Crippen LogP contribution >= 0.6 is 15.9 Å². The van der Waals surface area contributed by atoms with Crippen molar-refractivity contribution in [1.29, 1.82) is 0 Å². The van der Waals surface area contributed by atoms with Crippen molar-refractivity contribution in [1.82, 2.24) is 4.31 Å². The minimum atomic E-state index is -3.86. The van der Waals surface area contributed by atoms with Crippen LogP contribution in [-0.4, -0.2) is 35.9 Å². The minimum absolute atomic E-state index is 0.0801. The zero-order valence-corrected chi connectivity index (χ0v) is 14.2. The van der Waals surface area contributed by atoms with Crippen LogP contribution in [0.2, 0.25) is 0 Å². The lowest BCUT2D eigenvalue weighted by atomic mass is 10.1. The number of sulfonamides is 1. The number of hydrogen-bond donors (Lipinski definition) is 1. The summed E-state index contributed by atoms with van der Waals surface area (Å²) in [5.74, 6) is -1.18. The Morgan fingerprint density at radius 1 is 1.40 bits per heavy atom. The maximum absolute atomic E-state index is 12.6. The van der Waals surface area contributed by atoms with E-state index in [-0.39, 0.29) is 11.4 Å². The normalized spacial score (nSPS) is 12.7. The lowest BCUT2D eigenvalue weighted by molar-refractivity contribution is -0.146. The van der Waals surface area contributed by atoms with Crippen LogP contribution in [0.3, 0.4) is 0 Å². The van der Waals surface area contributed by atoms with Gasteiger partial charge in [0.25, 0.3) is 0 Å². The number of aliphatic carboxylic acids is 1. The van der Waals surface area contributed by atoms with Crippen molar-refractivity contribution in [3.05, 3.63) is 28.2 Å². The number of halogens is 1. The molecule has 0 atom stereocenters. The molecule has 5 nitrogen and oxygen atoms in total. The van der Waals surface area contributed by atoms with E-state index in [2.05, 4.69) is 15.9 Å². The average molecular weight is 364 g/mol. The number of nitrogens with zero attached hydrogens (tertiary/aromatic N) is 1. The molecular formula is C13H18BrNO4S. The predicted octanol–water partition coefficient (Wildman–Crippen LogP) is 2.63. The second kappa shape index (κ2) is 5.83. The third-order valence-electron chi connectivity index (χ3n) is 3.15. The Morgan fingerprint density at radius 2 is 1.95 bits per heavy atom. The molecule has 1 aromatic rings. The fraction of sp³-hybridized carbons (Fsp3) is 0.462. The highest BCUT2D eigenvalue weighted by molar-refractivity contribution is 9.10. The second-order valence-corrected chi connectivity index (χ2v) is 7.66. The first kappa shape index (κ1) is 17.1. The van der Waals surface area contributed by atoms with Crippen LogP contribution in [0.4, 0.5) is 0 Å². The van der Waals surface area contributed by atoms with E-state index in [1.165, 1.54) is 26.0 Å². The summed E-state index contributed by atoms with van der Waals surface area (Å²) in [6.45, 7) is 6.23. The van der Waals surface area contributed by atoms with Gasteiger partial charge in [-0.3, -0.25) is 4.79 Å². The summed E-state index contributed by atoms with van der Waals surface area (Å²) in [4.78, 5) is 11.4. The van der Waals surface area contributed by atoms with Gasteiger partial charge in [-0.1, -0.05) is 22.9 Å². The quantitative estimate of drug-likeness (QED) is 0.872. The second-order valence-electron chi connectivity index (χ2n) is 4.94. The molecule has 0 heterocycles. The van der Waals surface area contributed by atoms with Gasteiger partial charge in [0, 0.05) is 11.0 Å². The Bertz CT molecular complexity index is 625. The summed E-state index contributed by atoms with van der Waals surface area (Å²) in [6.07, 6.45) is 0.